The summed E-state index contributed by atoms with van der Waals surface area (Å²) in [6.45, 7) is 2.05. The molecule has 1 saturated carbocycles. The fraction of sp³-hybridized carbons (Fsp3) is 0.152. The lowest BCUT2D eigenvalue weighted by molar-refractivity contribution is 0.102. The van der Waals surface area contributed by atoms with Gasteiger partial charge in [-0.15, -0.1) is 0 Å². The van der Waals surface area contributed by atoms with Crippen molar-refractivity contribution in [2.45, 2.75) is 35.5 Å². The first kappa shape index (κ1) is 30.9. The molecule has 0 atom stereocenters. The highest BCUT2D eigenvalue weighted by atomic mass is 32.2. The average molecular weight is 629 g/mol. The van der Waals surface area contributed by atoms with Crippen molar-refractivity contribution >= 4 is 48.0 Å². The molecule has 1 aliphatic rings. The molecule has 6 rings (SSSR count). The predicted molar refractivity (Wildman–Crippen MR) is 174 cm³/mol. The van der Waals surface area contributed by atoms with Crippen molar-refractivity contribution in [1.82, 2.24) is 4.98 Å². The van der Waals surface area contributed by atoms with Crippen molar-refractivity contribution in [3.8, 4) is 11.1 Å². The summed E-state index contributed by atoms with van der Waals surface area (Å²) in [7, 11) is -7.31. The minimum atomic E-state index is -3.90. The minimum Gasteiger partial charge on any atom is -0.383 e. The molecule has 1 heterocycles. The maximum absolute atomic E-state index is 12.9. The number of rotatable bonds is 6. The topological polar surface area (TPSA) is 162 Å². The first-order chi connectivity index (χ1) is 20.8. The number of pyridine rings is 1. The van der Waals surface area contributed by atoms with Crippen LogP contribution in [0.5, 0.6) is 0 Å². The van der Waals surface area contributed by atoms with Crippen LogP contribution in [0.15, 0.2) is 107 Å². The predicted octanol–water partition coefficient (Wildman–Crippen LogP) is 5.66. The third-order valence-corrected chi connectivity index (χ3v) is 9.40. The monoisotopic (exact) mass is 628 g/mol. The third-order valence-electron chi connectivity index (χ3n) is 7.32. The van der Waals surface area contributed by atoms with Crippen LogP contribution >= 0.6 is 0 Å². The lowest BCUT2D eigenvalue weighted by Gasteiger charge is -2.13. The van der Waals surface area contributed by atoms with Gasteiger partial charge in [-0.3, -0.25) is 4.79 Å². The van der Waals surface area contributed by atoms with Gasteiger partial charge in [0.25, 0.3) is 5.91 Å². The van der Waals surface area contributed by atoms with Crippen LogP contribution < -0.4 is 16.2 Å². The lowest BCUT2D eigenvalue weighted by Crippen LogP contribution is -2.14. The largest absolute Gasteiger partial charge is 0.383 e. The summed E-state index contributed by atoms with van der Waals surface area (Å²) < 4.78 is 47.6. The first-order valence-electron chi connectivity index (χ1n) is 13.8. The number of carbonyl (C=O) groups excluding carboxylic acids is 1. The van der Waals surface area contributed by atoms with E-state index in [2.05, 4.69) is 28.5 Å². The van der Waals surface area contributed by atoms with Gasteiger partial charge >= 0.3 is 0 Å². The van der Waals surface area contributed by atoms with Crippen LogP contribution in [0.2, 0.25) is 0 Å². The first-order valence-corrected chi connectivity index (χ1v) is 17.2. The van der Waals surface area contributed by atoms with E-state index in [9.17, 15) is 21.6 Å². The summed E-state index contributed by atoms with van der Waals surface area (Å²) in [5, 5.41) is 10.3. The Labute approximate surface area is 256 Å². The van der Waals surface area contributed by atoms with E-state index in [0.717, 1.165) is 35.4 Å². The second kappa shape index (κ2) is 12.2. The molecule has 1 amide bonds. The van der Waals surface area contributed by atoms with Gasteiger partial charge < -0.3 is 11.1 Å². The normalized spacial score (nSPS) is 13.2. The summed E-state index contributed by atoms with van der Waals surface area (Å²) in [6.07, 6.45) is 4.86. The van der Waals surface area contributed by atoms with Crippen LogP contribution in [-0.2, 0) is 19.9 Å². The molecule has 9 nitrogen and oxygen atoms in total. The number of sulfone groups is 1. The second-order valence-corrected chi connectivity index (χ2v) is 14.3. The number of primary sulfonamides is 1. The zero-order valence-corrected chi connectivity index (χ0v) is 25.8. The maximum Gasteiger partial charge on any atom is 0.255 e. The Balaban J connectivity index is 0.000000266. The molecule has 1 fully saturated rings. The van der Waals surface area contributed by atoms with E-state index in [0.29, 0.717) is 34.1 Å². The van der Waals surface area contributed by atoms with Crippen LogP contribution in [0.3, 0.4) is 0 Å². The van der Waals surface area contributed by atoms with Gasteiger partial charge in [-0.05, 0) is 84.7 Å². The van der Waals surface area contributed by atoms with E-state index in [1.807, 2.05) is 13.0 Å². The summed E-state index contributed by atoms with van der Waals surface area (Å²) in [4.78, 5) is 17.0. The Kier molecular flexibility index (Phi) is 8.55. The number of amides is 1. The smallest absolute Gasteiger partial charge is 0.255 e. The fourth-order valence-electron chi connectivity index (χ4n) is 4.88. The van der Waals surface area contributed by atoms with Crippen molar-refractivity contribution in [2.75, 3.05) is 17.3 Å². The minimum absolute atomic E-state index is 0.00358. The molecule has 5 N–H and O–H groups in total. The van der Waals surface area contributed by atoms with Gasteiger partial charge in [-0.2, -0.15) is 0 Å². The van der Waals surface area contributed by atoms with Gasteiger partial charge in [-0.1, -0.05) is 54.1 Å². The second-order valence-electron chi connectivity index (χ2n) is 10.8. The Bertz CT molecular complexity index is 2090. The Morgan fingerprint density at radius 1 is 0.886 bits per heavy atom. The van der Waals surface area contributed by atoms with E-state index < -0.39 is 19.9 Å². The number of hydrogen-bond acceptors (Lipinski definition) is 7. The molecule has 11 heteroatoms. The number of carbonyl (C=O) groups is 1. The van der Waals surface area contributed by atoms with Gasteiger partial charge in [0.05, 0.1) is 9.79 Å². The maximum atomic E-state index is 12.9. The molecule has 0 spiro atoms. The number of anilines is 2. The molecule has 0 bridgehead atoms. The Hall–Kier alpha value is -4.58. The number of nitrogen functional groups attached to an aromatic ring is 1. The van der Waals surface area contributed by atoms with Crippen molar-refractivity contribution in [3.05, 3.63) is 114 Å². The number of benzene rings is 4. The molecule has 4 aromatic carbocycles. The van der Waals surface area contributed by atoms with Crippen LogP contribution in [-0.4, -0.2) is 34.0 Å². The SMILES string of the molecule is CS(=O)(=O)c1ccc(C2CC2)c(NC(=O)c2ccc(-c3ccccc3S(N)(=O)=O)cc2)c1.Cc1ccc2ccnc(N)c2c1. The third kappa shape index (κ3) is 7.13. The number of nitrogens with zero attached hydrogens (tertiary/aromatic N) is 1. The highest BCUT2D eigenvalue weighted by Gasteiger charge is 2.27. The Morgan fingerprint density at radius 3 is 2.25 bits per heavy atom. The van der Waals surface area contributed by atoms with E-state index in [1.54, 1.807) is 60.8 Å². The number of nitrogens with one attached hydrogen (secondary N) is 1. The van der Waals surface area contributed by atoms with Crippen molar-refractivity contribution in [2.24, 2.45) is 5.14 Å². The summed E-state index contributed by atoms with van der Waals surface area (Å²) in [5.74, 6) is 0.538. The quantitative estimate of drug-likeness (QED) is 0.218. The van der Waals surface area contributed by atoms with E-state index in [1.165, 1.54) is 17.7 Å². The van der Waals surface area contributed by atoms with Crippen LogP contribution in [0.4, 0.5) is 11.5 Å². The molecule has 0 radical (unpaired) electrons. The average Bonchev–Trinajstić information content (AvgIpc) is 3.83. The number of nitrogens with two attached hydrogens (primary N) is 2. The zero-order valence-electron chi connectivity index (χ0n) is 24.2. The molecule has 5 aromatic rings. The summed E-state index contributed by atoms with van der Waals surface area (Å²) >= 11 is 0. The van der Waals surface area contributed by atoms with E-state index in [-0.39, 0.29) is 15.7 Å². The van der Waals surface area contributed by atoms with Crippen LogP contribution in [0.25, 0.3) is 21.9 Å². The number of hydrogen-bond donors (Lipinski definition) is 3. The van der Waals surface area contributed by atoms with Gasteiger partial charge in [0, 0.05) is 34.7 Å². The standard InChI is InChI=1S/C23H22N2O5S2.C10H10N2/c1-31(27,28)18-12-13-19(15-6-7-15)21(14-18)25-23(26)17-10-8-16(9-11-17)20-4-2-3-5-22(20)32(24,29)30;1-7-2-3-8-4-5-12-10(11)9(8)6-7/h2-5,8-15H,6-7H2,1H3,(H,25,26)(H2,24,29,30);2-6H,1H3,(H2,11,12). The molecule has 226 valence electrons. The van der Waals surface area contributed by atoms with Crippen molar-refractivity contribution in [1.29, 1.82) is 0 Å². The van der Waals surface area contributed by atoms with Crippen molar-refractivity contribution < 1.29 is 21.6 Å². The highest BCUT2D eigenvalue weighted by molar-refractivity contribution is 7.90. The van der Waals surface area contributed by atoms with Crippen molar-refractivity contribution in [3.63, 3.8) is 0 Å². The molecule has 1 aromatic heterocycles. The molecule has 0 aliphatic heterocycles. The van der Waals surface area contributed by atoms with Gasteiger partial charge in [0.1, 0.15) is 5.82 Å². The van der Waals surface area contributed by atoms with E-state index in [4.69, 9.17) is 10.9 Å². The number of aromatic nitrogens is 1. The lowest BCUT2D eigenvalue weighted by atomic mass is 10.0. The Morgan fingerprint density at radius 2 is 1.59 bits per heavy atom. The highest BCUT2D eigenvalue weighted by Crippen LogP contribution is 2.44. The molecular formula is C33H32N4O5S2. The van der Waals surface area contributed by atoms with E-state index >= 15 is 0 Å². The summed E-state index contributed by atoms with van der Waals surface area (Å²) in [5.41, 5.74) is 9.73. The molecular weight excluding hydrogens is 597 g/mol. The summed E-state index contributed by atoms with van der Waals surface area (Å²) in [6, 6.07) is 25.8. The van der Waals surface area contributed by atoms with Gasteiger partial charge in [0.15, 0.2) is 9.84 Å². The molecule has 44 heavy (non-hydrogen) atoms. The molecule has 0 unspecified atom stereocenters. The van der Waals surface area contributed by atoms with Crippen LogP contribution in [0.1, 0.15) is 40.2 Å². The van der Waals surface area contributed by atoms with Gasteiger partial charge in [-0.25, -0.2) is 27.0 Å². The zero-order chi connectivity index (χ0) is 31.6. The van der Waals surface area contributed by atoms with Gasteiger partial charge in [0.2, 0.25) is 10.0 Å². The fourth-order valence-corrected chi connectivity index (χ4v) is 6.29. The number of fused-ring (bicyclic) bond motifs is 1. The van der Waals surface area contributed by atoms with Crippen LogP contribution in [0, 0.1) is 6.92 Å². The number of aryl methyl sites for hydroxylation is 1. The number of sulfonamides is 1. The molecule has 1 aliphatic carbocycles. The molecule has 0 saturated heterocycles.